The third-order valence-corrected chi connectivity index (χ3v) is 9.60. The highest BCUT2D eigenvalue weighted by Crippen LogP contribution is 2.57. The fraction of sp³-hybridized carbons (Fsp3) is 0.452. The molecule has 41 heavy (non-hydrogen) atoms. The van der Waals surface area contributed by atoms with Gasteiger partial charge in [-0.3, -0.25) is 28.9 Å². The lowest BCUT2D eigenvalue weighted by Gasteiger charge is -2.57. The number of nitrogens with two attached hydrogens (primary N) is 1. The van der Waals surface area contributed by atoms with Crippen LogP contribution in [0.1, 0.15) is 35.7 Å². The molecular weight excluding hydrogens is 526 g/mol. The summed E-state index contributed by atoms with van der Waals surface area (Å²) in [6, 6.07) is 9.75. The molecule has 2 saturated carbocycles. The Hall–Kier alpha value is -3.89. The second-order valence-electron chi connectivity index (χ2n) is 12.1. The number of aliphatic hydroxyl groups is 1. The van der Waals surface area contributed by atoms with Gasteiger partial charge in [-0.15, -0.1) is 0 Å². The Morgan fingerprint density at radius 1 is 0.927 bits per heavy atom. The van der Waals surface area contributed by atoms with E-state index >= 15 is 0 Å². The van der Waals surface area contributed by atoms with Gasteiger partial charge in [0.25, 0.3) is 0 Å². The first-order chi connectivity index (χ1) is 19.2. The van der Waals surface area contributed by atoms with Crippen LogP contribution < -0.4 is 10.6 Å². The molecule has 4 N–H and O–H groups in total. The normalized spacial score (nSPS) is 32.8. The smallest absolute Gasteiger partial charge is 0.235 e. The second-order valence-corrected chi connectivity index (χ2v) is 12.1. The van der Waals surface area contributed by atoms with Crippen LogP contribution in [0.15, 0.2) is 36.4 Å². The number of hydrogen-bond donors (Lipinski definition) is 3. The van der Waals surface area contributed by atoms with E-state index in [4.69, 9.17) is 5.73 Å². The Morgan fingerprint density at radius 3 is 2.07 bits per heavy atom. The Labute approximate surface area is 238 Å². The summed E-state index contributed by atoms with van der Waals surface area (Å²) >= 11 is 0. The number of rotatable bonds is 4. The minimum Gasteiger partial charge on any atom is -0.507 e. The SMILES string of the molecule is C[C@@H]1[C@@H]2C(C(=O)c3c(ccc(-c4ccc(N(C)C)cc4)c3O)[C@@H]2C)C(=O)[C@]2(O)C(=O)C(C(N)=O)C(=O)[C@H](N(C)C)[C@@H]12. The van der Waals surface area contributed by atoms with E-state index in [1.165, 1.54) is 4.90 Å². The van der Waals surface area contributed by atoms with Gasteiger partial charge in [-0.1, -0.05) is 38.1 Å². The molecule has 2 unspecified atom stereocenters. The monoisotopic (exact) mass is 561 g/mol. The number of amides is 1. The predicted octanol–water partition coefficient (Wildman–Crippen LogP) is 1.41. The van der Waals surface area contributed by atoms with Gasteiger partial charge >= 0.3 is 0 Å². The van der Waals surface area contributed by atoms with Gasteiger partial charge in [-0.05, 0) is 55.1 Å². The lowest BCUT2D eigenvalue weighted by Crippen LogP contribution is -2.76. The number of ketones is 4. The summed E-state index contributed by atoms with van der Waals surface area (Å²) in [5.41, 5.74) is 5.19. The number of carbonyl (C=O) groups is 5. The van der Waals surface area contributed by atoms with Crippen LogP contribution in [0.2, 0.25) is 0 Å². The summed E-state index contributed by atoms with van der Waals surface area (Å²) in [6.07, 6.45) is 0. The molecule has 3 aliphatic rings. The zero-order valence-corrected chi connectivity index (χ0v) is 23.9. The molecule has 2 aromatic carbocycles. The number of Topliss-reactive ketones (excluding diaryl/α,β-unsaturated/α-hetero) is 4. The molecule has 5 rings (SSSR count). The van der Waals surface area contributed by atoms with Gasteiger partial charge in [0.1, 0.15) is 5.75 Å². The number of carbonyl (C=O) groups excluding carboxylic acids is 5. The third-order valence-electron chi connectivity index (χ3n) is 9.60. The molecule has 0 spiro atoms. The van der Waals surface area contributed by atoms with Crippen LogP contribution in [-0.2, 0) is 19.2 Å². The highest BCUT2D eigenvalue weighted by Gasteiger charge is 2.72. The summed E-state index contributed by atoms with van der Waals surface area (Å²) in [5, 5.41) is 23.3. The minimum absolute atomic E-state index is 0.0227. The van der Waals surface area contributed by atoms with Gasteiger partial charge < -0.3 is 20.8 Å². The number of phenols is 1. The van der Waals surface area contributed by atoms with Crippen LogP contribution >= 0.6 is 0 Å². The molecule has 2 aromatic rings. The molecule has 0 heterocycles. The standard InChI is InChI=1S/C31H35N3O7/c1-13-17-11-12-18(15-7-9-16(10-8-15)33(3)4)25(35)20(17)26(36)21-19(13)14(2)23-24(34(5)6)27(37)22(30(32)40)29(39)31(23,41)28(21)38/h7-14,19,21-24,35,41H,1-6H3,(H2,32,40)/t13-,14+,19+,21?,22?,23+,24+,31-/m0/s1. The van der Waals surface area contributed by atoms with Crippen molar-refractivity contribution in [2.75, 3.05) is 33.1 Å². The number of benzene rings is 2. The molecule has 0 saturated heterocycles. The number of phenolic OH excluding ortho intramolecular Hbond substituents is 1. The average Bonchev–Trinajstić information content (AvgIpc) is 2.90. The maximum atomic E-state index is 14.2. The third kappa shape index (κ3) is 3.80. The van der Waals surface area contributed by atoms with Gasteiger partial charge in [0.2, 0.25) is 5.91 Å². The molecule has 3 aliphatic carbocycles. The predicted molar refractivity (Wildman–Crippen MR) is 150 cm³/mol. The van der Waals surface area contributed by atoms with Crippen LogP contribution in [-0.4, -0.2) is 84.0 Å². The number of hydrogen-bond acceptors (Lipinski definition) is 9. The van der Waals surface area contributed by atoms with Gasteiger partial charge in [0.05, 0.1) is 17.5 Å². The number of aromatic hydroxyl groups is 1. The fourth-order valence-corrected chi connectivity index (χ4v) is 7.66. The summed E-state index contributed by atoms with van der Waals surface area (Å²) in [4.78, 5) is 70.9. The van der Waals surface area contributed by atoms with Crippen LogP contribution in [0.5, 0.6) is 5.75 Å². The lowest BCUT2D eigenvalue weighted by molar-refractivity contribution is -0.188. The summed E-state index contributed by atoms with van der Waals surface area (Å²) < 4.78 is 0. The molecule has 10 heteroatoms. The highest BCUT2D eigenvalue weighted by molar-refractivity contribution is 6.32. The zero-order valence-electron chi connectivity index (χ0n) is 23.9. The van der Waals surface area contributed by atoms with Crippen molar-refractivity contribution in [2.45, 2.75) is 31.4 Å². The van der Waals surface area contributed by atoms with Gasteiger partial charge in [0.15, 0.2) is 34.7 Å². The quantitative estimate of drug-likeness (QED) is 0.469. The van der Waals surface area contributed by atoms with E-state index in [0.29, 0.717) is 16.7 Å². The second kappa shape index (κ2) is 9.60. The average molecular weight is 562 g/mol. The van der Waals surface area contributed by atoms with Crippen molar-refractivity contribution in [1.82, 2.24) is 4.90 Å². The molecule has 0 aromatic heterocycles. The maximum absolute atomic E-state index is 14.2. The molecule has 0 radical (unpaired) electrons. The number of fused-ring (bicyclic) bond motifs is 3. The fourth-order valence-electron chi connectivity index (χ4n) is 7.66. The summed E-state index contributed by atoms with van der Waals surface area (Å²) in [7, 11) is 6.94. The van der Waals surface area contributed by atoms with E-state index in [1.807, 2.05) is 50.2 Å². The van der Waals surface area contributed by atoms with Crippen molar-refractivity contribution in [3.63, 3.8) is 0 Å². The maximum Gasteiger partial charge on any atom is 0.235 e. The molecule has 1 amide bonds. The largest absolute Gasteiger partial charge is 0.507 e. The van der Waals surface area contributed by atoms with E-state index in [-0.39, 0.29) is 11.3 Å². The Morgan fingerprint density at radius 2 is 1.54 bits per heavy atom. The zero-order chi connectivity index (χ0) is 30.3. The first-order valence-electron chi connectivity index (χ1n) is 13.6. The van der Waals surface area contributed by atoms with Gasteiger partial charge in [-0.2, -0.15) is 0 Å². The van der Waals surface area contributed by atoms with Crippen molar-refractivity contribution in [2.24, 2.45) is 35.3 Å². The molecule has 2 fully saturated rings. The number of likely N-dealkylation sites (N-methyl/N-ethyl adjacent to an activating group) is 1. The topological polar surface area (TPSA) is 158 Å². The number of primary amides is 1. The van der Waals surface area contributed by atoms with E-state index in [9.17, 15) is 34.2 Å². The Bertz CT molecular complexity index is 1500. The van der Waals surface area contributed by atoms with E-state index in [1.54, 1.807) is 33.2 Å². The van der Waals surface area contributed by atoms with Crippen molar-refractivity contribution >= 4 is 34.7 Å². The van der Waals surface area contributed by atoms with E-state index < -0.39 is 76.2 Å². The Balaban J connectivity index is 1.66. The first-order valence-corrected chi connectivity index (χ1v) is 13.6. The van der Waals surface area contributed by atoms with Crippen LogP contribution in [0.3, 0.4) is 0 Å². The molecule has 0 bridgehead atoms. The number of anilines is 1. The van der Waals surface area contributed by atoms with Crippen molar-refractivity contribution in [3.05, 3.63) is 47.5 Å². The molecular formula is C31H35N3O7. The van der Waals surface area contributed by atoms with E-state index in [0.717, 1.165) is 5.69 Å². The molecule has 8 atom stereocenters. The Kier molecular flexibility index (Phi) is 6.70. The number of nitrogens with zero attached hydrogens (tertiary/aromatic N) is 2. The summed E-state index contributed by atoms with van der Waals surface area (Å²) in [6.45, 7) is 3.56. The van der Waals surface area contributed by atoms with Gasteiger partial charge in [-0.25, -0.2) is 0 Å². The summed E-state index contributed by atoms with van der Waals surface area (Å²) in [5.74, 6) is -11.7. The first kappa shape index (κ1) is 28.6. The molecule has 10 nitrogen and oxygen atoms in total. The van der Waals surface area contributed by atoms with Crippen molar-refractivity contribution in [1.29, 1.82) is 0 Å². The van der Waals surface area contributed by atoms with Crippen LogP contribution in [0.4, 0.5) is 5.69 Å². The van der Waals surface area contributed by atoms with Crippen LogP contribution in [0.25, 0.3) is 11.1 Å². The van der Waals surface area contributed by atoms with Crippen molar-refractivity contribution in [3.8, 4) is 16.9 Å². The minimum atomic E-state index is -2.77. The van der Waals surface area contributed by atoms with Crippen LogP contribution in [0, 0.1) is 29.6 Å². The molecule has 0 aliphatic heterocycles. The molecule has 216 valence electrons. The van der Waals surface area contributed by atoms with E-state index in [2.05, 4.69) is 0 Å². The van der Waals surface area contributed by atoms with Gasteiger partial charge in [0, 0.05) is 31.3 Å². The highest BCUT2D eigenvalue weighted by atomic mass is 16.3. The lowest BCUT2D eigenvalue weighted by atomic mass is 9.47. The van der Waals surface area contributed by atoms with Crippen molar-refractivity contribution < 1.29 is 34.2 Å².